The summed E-state index contributed by atoms with van der Waals surface area (Å²) in [6, 6.07) is 4.75. The zero-order chi connectivity index (χ0) is 19.2. The minimum absolute atomic E-state index is 0.118. The largest absolute Gasteiger partial charge is 0.481 e. The molecular weight excluding hydrogens is 373 g/mol. The van der Waals surface area contributed by atoms with Crippen LogP contribution in [0.15, 0.2) is 18.2 Å². The number of aliphatic carboxylic acids is 1. The van der Waals surface area contributed by atoms with Crippen molar-refractivity contribution in [2.24, 2.45) is 11.3 Å². The summed E-state index contributed by atoms with van der Waals surface area (Å²) < 4.78 is 25.7. The van der Waals surface area contributed by atoms with E-state index in [9.17, 15) is 19.1 Å². The highest BCUT2D eigenvalue weighted by Gasteiger charge is 2.55. The molecule has 0 radical (unpaired) electrons. The van der Waals surface area contributed by atoms with Gasteiger partial charge < -0.3 is 19.5 Å². The molecule has 144 valence electrons. The molecule has 2 aromatic rings. The van der Waals surface area contributed by atoms with Crippen LogP contribution in [-0.4, -0.2) is 55.3 Å². The molecule has 2 aliphatic rings. The molecule has 0 unspecified atom stereocenters. The van der Waals surface area contributed by atoms with Crippen LogP contribution in [0.25, 0.3) is 10.1 Å². The number of carbonyl (C=O) groups excluding carboxylic acids is 1. The second-order valence-corrected chi connectivity index (χ2v) is 8.18. The molecule has 1 aromatic carbocycles. The van der Waals surface area contributed by atoms with Crippen LogP contribution >= 0.6 is 11.3 Å². The molecular formula is C19H20FNO5S. The van der Waals surface area contributed by atoms with E-state index < -0.39 is 11.4 Å². The Hall–Kier alpha value is -2.03. The molecule has 4 rings (SSSR count). The maximum absolute atomic E-state index is 14.4. The third-order valence-corrected chi connectivity index (χ3v) is 6.85. The normalized spacial score (nSPS) is 25.0. The van der Waals surface area contributed by atoms with Gasteiger partial charge in [-0.2, -0.15) is 0 Å². The van der Waals surface area contributed by atoms with Gasteiger partial charge in [-0.05, 0) is 18.6 Å². The van der Waals surface area contributed by atoms with Crippen LogP contribution in [0, 0.1) is 17.2 Å². The molecule has 27 heavy (non-hydrogen) atoms. The van der Waals surface area contributed by atoms with Gasteiger partial charge in [0.2, 0.25) is 0 Å². The Labute approximate surface area is 159 Å². The summed E-state index contributed by atoms with van der Waals surface area (Å²) in [5, 5.41) is 10.2. The topological polar surface area (TPSA) is 76.1 Å². The van der Waals surface area contributed by atoms with E-state index >= 15 is 0 Å². The number of carboxylic acids is 1. The monoisotopic (exact) mass is 393 g/mol. The smallest absolute Gasteiger partial charge is 0.311 e. The lowest BCUT2D eigenvalue weighted by Gasteiger charge is -2.33. The third kappa shape index (κ3) is 2.83. The van der Waals surface area contributed by atoms with Crippen molar-refractivity contribution in [2.45, 2.75) is 13.0 Å². The predicted molar refractivity (Wildman–Crippen MR) is 97.4 cm³/mol. The maximum atomic E-state index is 14.4. The van der Waals surface area contributed by atoms with Crippen molar-refractivity contribution in [1.29, 1.82) is 0 Å². The number of nitrogens with zero attached hydrogens (tertiary/aromatic N) is 1. The van der Waals surface area contributed by atoms with Crippen LogP contribution in [0.4, 0.5) is 4.39 Å². The number of carboxylic acid groups (broad SMARTS) is 1. The van der Waals surface area contributed by atoms with Gasteiger partial charge in [0.05, 0.1) is 23.5 Å². The average molecular weight is 393 g/mol. The lowest BCUT2D eigenvalue weighted by atomic mass is 9.74. The fraction of sp³-hybridized carbons (Fsp3) is 0.474. The molecule has 0 bridgehead atoms. The van der Waals surface area contributed by atoms with Crippen LogP contribution < -0.4 is 0 Å². The van der Waals surface area contributed by atoms with Crippen molar-refractivity contribution in [3.8, 4) is 0 Å². The van der Waals surface area contributed by atoms with Crippen LogP contribution in [0.1, 0.15) is 21.7 Å². The quantitative estimate of drug-likeness (QED) is 0.865. The van der Waals surface area contributed by atoms with Crippen LogP contribution in [0.5, 0.6) is 0 Å². The summed E-state index contributed by atoms with van der Waals surface area (Å²) in [5.74, 6) is -1.77. The Morgan fingerprint density at radius 2 is 2.30 bits per heavy atom. The van der Waals surface area contributed by atoms with E-state index in [1.54, 1.807) is 17.0 Å². The first-order chi connectivity index (χ1) is 13.0. The van der Waals surface area contributed by atoms with Gasteiger partial charge >= 0.3 is 5.97 Å². The number of fused-ring (bicyclic) bond motifs is 2. The first-order valence-corrected chi connectivity index (χ1v) is 9.59. The Morgan fingerprint density at radius 3 is 3.00 bits per heavy atom. The van der Waals surface area contributed by atoms with Crippen molar-refractivity contribution < 1.29 is 28.6 Å². The standard InChI is InChI=1S/C19H20FNO5S/c1-25-9-12-15-13(20)3-2-4-14(15)27-16(12)17(22)21-7-11-8-26-6-5-19(11,10-21)18(23)24/h2-4,11H,5-10H2,1H3,(H,23,24)/t11-,19+/m0/s1. The molecule has 2 fully saturated rings. The molecule has 1 aromatic heterocycles. The van der Waals surface area contributed by atoms with Gasteiger partial charge in [-0.15, -0.1) is 11.3 Å². The fourth-order valence-electron chi connectivity index (χ4n) is 4.22. The molecule has 0 aliphatic carbocycles. The number of amides is 1. The van der Waals surface area contributed by atoms with Gasteiger partial charge in [0, 0.05) is 48.4 Å². The highest BCUT2D eigenvalue weighted by atomic mass is 32.1. The molecule has 2 atom stereocenters. The van der Waals surface area contributed by atoms with Crippen molar-refractivity contribution in [1.82, 2.24) is 4.90 Å². The molecule has 0 spiro atoms. The number of thiophene rings is 1. The average Bonchev–Trinajstić information content (AvgIpc) is 3.22. The summed E-state index contributed by atoms with van der Waals surface area (Å²) in [6.45, 7) is 1.31. The first-order valence-electron chi connectivity index (χ1n) is 8.77. The van der Waals surface area contributed by atoms with Gasteiger partial charge in [0.15, 0.2) is 0 Å². The first kappa shape index (κ1) is 18.3. The van der Waals surface area contributed by atoms with Crippen molar-refractivity contribution in [3.05, 3.63) is 34.5 Å². The van der Waals surface area contributed by atoms with Crippen LogP contribution in [0.3, 0.4) is 0 Å². The second-order valence-electron chi connectivity index (χ2n) is 7.12. The molecule has 8 heteroatoms. The number of benzene rings is 1. The van der Waals surface area contributed by atoms with Crippen LogP contribution in [-0.2, 0) is 20.9 Å². The molecule has 1 amide bonds. The number of ether oxygens (including phenoxy) is 2. The molecule has 0 saturated carbocycles. The number of hydrogen-bond donors (Lipinski definition) is 1. The zero-order valence-electron chi connectivity index (χ0n) is 14.9. The van der Waals surface area contributed by atoms with E-state index in [1.807, 2.05) is 0 Å². The number of carbonyl (C=O) groups is 2. The van der Waals surface area contributed by atoms with Crippen molar-refractivity contribution in [3.63, 3.8) is 0 Å². The second kappa shape index (κ2) is 6.85. The highest BCUT2D eigenvalue weighted by molar-refractivity contribution is 7.21. The summed E-state index contributed by atoms with van der Waals surface area (Å²) in [7, 11) is 1.50. The minimum atomic E-state index is -0.961. The number of likely N-dealkylation sites (tertiary alicyclic amines) is 1. The van der Waals surface area contributed by atoms with Crippen molar-refractivity contribution >= 4 is 33.3 Å². The molecule has 2 aliphatic heterocycles. The lowest BCUT2D eigenvalue weighted by Crippen LogP contribution is -2.45. The Morgan fingerprint density at radius 1 is 1.48 bits per heavy atom. The fourth-order valence-corrected chi connectivity index (χ4v) is 5.41. The van der Waals surface area contributed by atoms with Crippen LogP contribution in [0.2, 0.25) is 0 Å². The Balaban J connectivity index is 1.72. The molecule has 1 N–H and O–H groups in total. The zero-order valence-corrected chi connectivity index (χ0v) is 15.7. The van der Waals surface area contributed by atoms with E-state index in [2.05, 4.69) is 0 Å². The van der Waals surface area contributed by atoms with E-state index in [0.717, 1.165) is 0 Å². The maximum Gasteiger partial charge on any atom is 0.311 e. The lowest BCUT2D eigenvalue weighted by molar-refractivity contribution is -0.157. The van der Waals surface area contributed by atoms with E-state index in [-0.39, 0.29) is 30.8 Å². The van der Waals surface area contributed by atoms with Gasteiger partial charge in [-0.25, -0.2) is 4.39 Å². The van der Waals surface area contributed by atoms with Gasteiger partial charge in [0.25, 0.3) is 5.91 Å². The van der Waals surface area contributed by atoms with Gasteiger partial charge in [-0.1, -0.05) is 6.07 Å². The molecule has 6 nitrogen and oxygen atoms in total. The number of rotatable bonds is 4. The Bertz CT molecular complexity index is 913. The number of halogens is 1. The number of hydrogen-bond acceptors (Lipinski definition) is 5. The van der Waals surface area contributed by atoms with Gasteiger partial charge in [0.1, 0.15) is 5.82 Å². The minimum Gasteiger partial charge on any atom is -0.481 e. The van der Waals surface area contributed by atoms with E-state index in [4.69, 9.17) is 9.47 Å². The summed E-state index contributed by atoms with van der Waals surface area (Å²) >= 11 is 1.22. The molecule has 2 saturated heterocycles. The van der Waals surface area contributed by atoms with Crippen molar-refractivity contribution in [2.75, 3.05) is 33.4 Å². The van der Waals surface area contributed by atoms with E-state index in [0.29, 0.717) is 46.7 Å². The Kier molecular flexibility index (Phi) is 4.65. The summed E-state index contributed by atoms with van der Waals surface area (Å²) in [4.78, 5) is 27.2. The highest BCUT2D eigenvalue weighted by Crippen LogP contribution is 2.44. The summed E-state index contributed by atoms with van der Waals surface area (Å²) in [6.07, 6.45) is 0.392. The SMILES string of the molecule is COCc1c(C(=O)N2C[C@H]3COCC[C@@]3(C(=O)O)C2)sc2cccc(F)c12. The van der Waals surface area contributed by atoms with Gasteiger partial charge in [-0.3, -0.25) is 9.59 Å². The van der Waals surface area contributed by atoms with E-state index in [1.165, 1.54) is 24.5 Å². The summed E-state index contributed by atoms with van der Waals surface area (Å²) in [5.41, 5.74) is -0.437. The molecule has 3 heterocycles. The number of methoxy groups -OCH3 is 1. The third-order valence-electron chi connectivity index (χ3n) is 5.67. The predicted octanol–water partition coefficient (Wildman–Crippen LogP) is 2.75.